The minimum atomic E-state index is -0.614. The molecule has 1 amide bonds. The van der Waals surface area contributed by atoms with E-state index in [9.17, 15) is 4.79 Å². The predicted octanol–water partition coefficient (Wildman–Crippen LogP) is 2.15. The molecule has 1 aliphatic rings. The van der Waals surface area contributed by atoms with Gasteiger partial charge in [0.15, 0.2) is 0 Å². The predicted molar refractivity (Wildman–Crippen MR) is 79.7 cm³/mol. The molecular formula is C16H24N2O2. The molecule has 0 aliphatic heterocycles. The zero-order valence-electron chi connectivity index (χ0n) is 12.3. The van der Waals surface area contributed by atoms with Gasteiger partial charge in [-0.25, -0.2) is 0 Å². The van der Waals surface area contributed by atoms with Crippen molar-refractivity contribution in [2.45, 2.75) is 51.1 Å². The van der Waals surface area contributed by atoms with E-state index in [0.29, 0.717) is 19.1 Å². The molecule has 2 rings (SSSR count). The van der Waals surface area contributed by atoms with Gasteiger partial charge in [-0.15, -0.1) is 0 Å². The molecule has 1 saturated carbocycles. The van der Waals surface area contributed by atoms with Crippen LogP contribution in [-0.4, -0.2) is 24.1 Å². The van der Waals surface area contributed by atoms with E-state index in [1.165, 1.54) is 5.56 Å². The number of nitrogens with one attached hydrogen (secondary N) is 1. The Bertz CT molecular complexity index is 471. The lowest BCUT2D eigenvalue weighted by Crippen LogP contribution is -2.54. The summed E-state index contributed by atoms with van der Waals surface area (Å²) in [7, 11) is 0. The van der Waals surface area contributed by atoms with E-state index in [0.717, 1.165) is 25.0 Å². The van der Waals surface area contributed by atoms with E-state index < -0.39 is 5.54 Å². The number of hydrogen-bond acceptors (Lipinski definition) is 3. The van der Waals surface area contributed by atoms with Gasteiger partial charge < -0.3 is 15.8 Å². The Morgan fingerprint density at radius 3 is 2.85 bits per heavy atom. The molecule has 0 radical (unpaired) electrons. The van der Waals surface area contributed by atoms with Crippen LogP contribution in [0.2, 0.25) is 0 Å². The van der Waals surface area contributed by atoms with Gasteiger partial charge in [0, 0.05) is 6.04 Å². The molecule has 4 nitrogen and oxygen atoms in total. The van der Waals surface area contributed by atoms with Crippen molar-refractivity contribution in [3.63, 3.8) is 0 Å². The number of nitrogens with two attached hydrogens (primary N) is 1. The number of benzene rings is 1. The lowest BCUT2D eigenvalue weighted by atomic mass is 9.95. The molecule has 1 fully saturated rings. The maximum absolute atomic E-state index is 11.6. The standard InChI is InChI=1S/C16H24N2O2/c1-12-5-3-6-14(11-12)20-10-4-9-16(2,15(17)19)18-13-7-8-13/h3,5-6,11,13,18H,4,7-10H2,1-2H3,(H2,17,19). The Balaban J connectivity index is 1.77. The third-order valence-corrected chi connectivity index (χ3v) is 3.72. The number of carbonyl (C=O) groups is 1. The summed E-state index contributed by atoms with van der Waals surface area (Å²) in [5.74, 6) is 0.598. The topological polar surface area (TPSA) is 64.3 Å². The van der Waals surface area contributed by atoms with Crippen LogP contribution in [0.15, 0.2) is 24.3 Å². The fraction of sp³-hybridized carbons (Fsp3) is 0.562. The van der Waals surface area contributed by atoms with Gasteiger partial charge in [-0.1, -0.05) is 12.1 Å². The zero-order chi connectivity index (χ0) is 14.6. The van der Waals surface area contributed by atoms with Crippen LogP contribution >= 0.6 is 0 Å². The Hall–Kier alpha value is -1.55. The fourth-order valence-corrected chi connectivity index (χ4v) is 2.27. The smallest absolute Gasteiger partial charge is 0.237 e. The number of hydrogen-bond donors (Lipinski definition) is 2. The number of ether oxygens (including phenoxy) is 1. The molecule has 110 valence electrons. The highest BCUT2D eigenvalue weighted by molar-refractivity contribution is 5.84. The first-order valence-corrected chi connectivity index (χ1v) is 7.27. The fourth-order valence-electron chi connectivity index (χ4n) is 2.27. The first kappa shape index (κ1) is 14.9. The summed E-state index contributed by atoms with van der Waals surface area (Å²) in [6.07, 6.45) is 3.78. The summed E-state index contributed by atoms with van der Waals surface area (Å²) in [5.41, 5.74) is 6.08. The average molecular weight is 276 g/mol. The lowest BCUT2D eigenvalue weighted by Gasteiger charge is -2.27. The van der Waals surface area contributed by atoms with Gasteiger partial charge in [-0.05, 0) is 57.2 Å². The van der Waals surface area contributed by atoms with Gasteiger partial charge in [-0.3, -0.25) is 4.79 Å². The van der Waals surface area contributed by atoms with Crippen LogP contribution in [0, 0.1) is 6.92 Å². The third kappa shape index (κ3) is 4.23. The second-order valence-electron chi connectivity index (χ2n) is 5.88. The second kappa shape index (κ2) is 6.27. The molecule has 1 aromatic carbocycles. The Labute approximate surface area is 120 Å². The molecule has 1 aromatic rings. The summed E-state index contributed by atoms with van der Waals surface area (Å²) < 4.78 is 5.70. The Morgan fingerprint density at radius 1 is 1.50 bits per heavy atom. The number of rotatable bonds is 8. The van der Waals surface area contributed by atoms with Gasteiger partial charge in [-0.2, -0.15) is 0 Å². The van der Waals surface area contributed by atoms with Crippen molar-refractivity contribution < 1.29 is 9.53 Å². The van der Waals surface area contributed by atoms with Crippen molar-refractivity contribution in [3.05, 3.63) is 29.8 Å². The molecule has 0 saturated heterocycles. The van der Waals surface area contributed by atoms with Crippen LogP contribution in [0.1, 0.15) is 38.2 Å². The van der Waals surface area contributed by atoms with Crippen LogP contribution in [0.5, 0.6) is 5.75 Å². The number of carbonyl (C=O) groups excluding carboxylic acids is 1. The van der Waals surface area contributed by atoms with E-state index in [1.807, 2.05) is 38.1 Å². The molecule has 0 spiro atoms. The van der Waals surface area contributed by atoms with Crippen molar-refractivity contribution >= 4 is 5.91 Å². The van der Waals surface area contributed by atoms with Gasteiger partial charge in [0.25, 0.3) is 0 Å². The van der Waals surface area contributed by atoms with Crippen LogP contribution in [0.25, 0.3) is 0 Å². The second-order valence-corrected chi connectivity index (χ2v) is 5.88. The number of primary amides is 1. The van der Waals surface area contributed by atoms with E-state index in [2.05, 4.69) is 5.32 Å². The van der Waals surface area contributed by atoms with Crippen molar-refractivity contribution in [3.8, 4) is 5.75 Å². The highest BCUT2D eigenvalue weighted by Crippen LogP contribution is 2.24. The molecule has 0 bridgehead atoms. The van der Waals surface area contributed by atoms with Gasteiger partial charge in [0.05, 0.1) is 12.1 Å². The normalized spacial score (nSPS) is 17.5. The summed E-state index contributed by atoms with van der Waals surface area (Å²) >= 11 is 0. The Morgan fingerprint density at radius 2 is 2.25 bits per heavy atom. The maximum atomic E-state index is 11.6. The molecule has 1 aliphatic carbocycles. The first-order valence-electron chi connectivity index (χ1n) is 7.27. The third-order valence-electron chi connectivity index (χ3n) is 3.72. The van der Waals surface area contributed by atoms with E-state index >= 15 is 0 Å². The summed E-state index contributed by atoms with van der Waals surface area (Å²) in [4.78, 5) is 11.6. The van der Waals surface area contributed by atoms with E-state index in [-0.39, 0.29) is 5.91 Å². The van der Waals surface area contributed by atoms with Crippen molar-refractivity contribution in [1.29, 1.82) is 0 Å². The van der Waals surface area contributed by atoms with E-state index in [4.69, 9.17) is 10.5 Å². The average Bonchev–Trinajstić information content (AvgIpc) is 3.18. The van der Waals surface area contributed by atoms with Crippen molar-refractivity contribution in [2.75, 3.05) is 6.61 Å². The minimum Gasteiger partial charge on any atom is -0.494 e. The van der Waals surface area contributed by atoms with E-state index in [1.54, 1.807) is 0 Å². The maximum Gasteiger partial charge on any atom is 0.237 e. The largest absolute Gasteiger partial charge is 0.494 e. The van der Waals surface area contributed by atoms with Gasteiger partial charge in [0.2, 0.25) is 5.91 Å². The molecule has 1 atom stereocenters. The monoisotopic (exact) mass is 276 g/mol. The zero-order valence-corrected chi connectivity index (χ0v) is 12.3. The summed E-state index contributed by atoms with van der Waals surface area (Å²) in [5, 5.41) is 3.34. The SMILES string of the molecule is Cc1cccc(OCCCC(C)(NC2CC2)C(N)=O)c1. The van der Waals surface area contributed by atoms with Crippen LogP contribution in [0.3, 0.4) is 0 Å². The molecule has 3 N–H and O–H groups in total. The van der Waals surface area contributed by atoms with Crippen LogP contribution in [-0.2, 0) is 4.79 Å². The molecule has 0 aromatic heterocycles. The van der Waals surface area contributed by atoms with Gasteiger partial charge in [0.1, 0.15) is 5.75 Å². The molecule has 20 heavy (non-hydrogen) atoms. The highest BCUT2D eigenvalue weighted by Gasteiger charge is 2.36. The number of amides is 1. The van der Waals surface area contributed by atoms with Gasteiger partial charge >= 0.3 is 0 Å². The molecule has 4 heteroatoms. The summed E-state index contributed by atoms with van der Waals surface area (Å²) in [6, 6.07) is 8.44. The molecular weight excluding hydrogens is 252 g/mol. The lowest BCUT2D eigenvalue weighted by molar-refractivity contribution is -0.124. The summed E-state index contributed by atoms with van der Waals surface area (Å²) in [6.45, 7) is 4.52. The van der Waals surface area contributed by atoms with Crippen LogP contribution in [0.4, 0.5) is 0 Å². The molecule has 0 heterocycles. The van der Waals surface area contributed by atoms with Crippen molar-refractivity contribution in [2.24, 2.45) is 5.73 Å². The highest BCUT2D eigenvalue weighted by atomic mass is 16.5. The minimum absolute atomic E-state index is 0.278. The first-order chi connectivity index (χ1) is 9.49. The number of aryl methyl sites for hydroxylation is 1. The van der Waals surface area contributed by atoms with Crippen LogP contribution < -0.4 is 15.8 Å². The quantitative estimate of drug-likeness (QED) is 0.715. The molecule has 1 unspecified atom stereocenters. The van der Waals surface area contributed by atoms with Crippen molar-refractivity contribution in [1.82, 2.24) is 5.32 Å². The Kier molecular flexibility index (Phi) is 4.65.